The minimum absolute atomic E-state index is 0.0952. The van der Waals surface area contributed by atoms with Crippen LogP contribution in [0.1, 0.15) is 18.9 Å². The number of nitrogens with one attached hydrogen (secondary N) is 1. The third-order valence-corrected chi connectivity index (χ3v) is 3.94. The van der Waals surface area contributed by atoms with Gasteiger partial charge in [-0.15, -0.1) is 0 Å². The minimum Gasteiger partial charge on any atom is -0.376 e. The Labute approximate surface area is 130 Å². The van der Waals surface area contributed by atoms with Crippen LogP contribution in [0.15, 0.2) is 30.3 Å². The van der Waals surface area contributed by atoms with Gasteiger partial charge in [-0.2, -0.15) is 0 Å². The first-order valence-corrected chi connectivity index (χ1v) is 7.56. The van der Waals surface area contributed by atoms with Gasteiger partial charge in [0.2, 0.25) is 5.91 Å². The number of urea groups is 1. The van der Waals surface area contributed by atoms with Gasteiger partial charge in [-0.25, -0.2) is 4.79 Å². The van der Waals surface area contributed by atoms with E-state index in [0.29, 0.717) is 19.7 Å². The SMILES string of the molecule is C[C@H](C(=O)NC(N)=O)N1CCO[C@@H](CCc2ccccc2)C1. The predicted molar refractivity (Wildman–Crippen MR) is 83.3 cm³/mol. The third kappa shape index (κ3) is 4.82. The van der Waals surface area contributed by atoms with Crippen LogP contribution in [0.2, 0.25) is 0 Å². The van der Waals surface area contributed by atoms with Crippen molar-refractivity contribution in [1.82, 2.24) is 10.2 Å². The van der Waals surface area contributed by atoms with Crippen LogP contribution >= 0.6 is 0 Å². The fourth-order valence-electron chi connectivity index (χ4n) is 2.63. The Kier molecular flexibility index (Phi) is 5.91. The zero-order valence-corrected chi connectivity index (χ0v) is 12.8. The van der Waals surface area contributed by atoms with Crippen LogP contribution in [0.5, 0.6) is 0 Å². The van der Waals surface area contributed by atoms with E-state index in [0.717, 1.165) is 12.8 Å². The average Bonchev–Trinajstić information content (AvgIpc) is 2.53. The lowest BCUT2D eigenvalue weighted by Crippen LogP contribution is -2.53. The van der Waals surface area contributed by atoms with Crippen LogP contribution in [0.4, 0.5) is 4.79 Å². The van der Waals surface area contributed by atoms with Gasteiger partial charge in [0.15, 0.2) is 0 Å². The van der Waals surface area contributed by atoms with Crippen molar-refractivity contribution in [3.05, 3.63) is 35.9 Å². The third-order valence-electron chi connectivity index (χ3n) is 3.94. The molecule has 120 valence electrons. The maximum Gasteiger partial charge on any atom is 0.318 e. The molecule has 1 aliphatic rings. The number of carbonyl (C=O) groups excluding carboxylic acids is 2. The second kappa shape index (κ2) is 7.91. The molecule has 0 saturated carbocycles. The van der Waals surface area contributed by atoms with Gasteiger partial charge in [0.25, 0.3) is 0 Å². The number of aryl methyl sites for hydroxylation is 1. The fourth-order valence-corrected chi connectivity index (χ4v) is 2.63. The van der Waals surface area contributed by atoms with Gasteiger partial charge in [0.1, 0.15) is 0 Å². The second-order valence-corrected chi connectivity index (χ2v) is 5.54. The quantitative estimate of drug-likeness (QED) is 0.846. The molecular weight excluding hydrogens is 282 g/mol. The van der Waals surface area contributed by atoms with Crippen molar-refractivity contribution in [3.8, 4) is 0 Å². The van der Waals surface area contributed by atoms with Gasteiger partial charge >= 0.3 is 6.03 Å². The summed E-state index contributed by atoms with van der Waals surface area (Å²) in [7, 11) is 0. The first-order chi connectivity index (χ1) is 10.6. The Morgan fingerprint density at radius 3 is 2.82 bits per heavy atom. The maximum absolute atomic E-state index is 11.8. The van der Waals surface area contributed by atoms with Gasteiger partial charge in [-0.3, -0.25) is 15.0 Å². The summed E-state index contributed by atoms with van der Waals surface area (Å²) in [5.41, 5.74) is 6.27. The molecule has 1 aliphatic heterocycles. The van der Waals surface area contributed by atoms with Crippen molar-refractivity contribution in [2.75, 3.05) is 19.7 Å². The smallest absolute Gasteiger partial charge is 0.318 e. The Morgan fingerprint density at radius 2 is 2.14 bits per heavy atom. The van der Waals surface area contributed by atoms with E-state index in [-0.39, 0.29) is 12.0 Å². The summed E-state index contributed by atoms with van der Waals surface area (Å²) in [5.74, 6) is -0.365. The summed E-state index contributed by atoms with van der Waals surface area (Å²) in [4.78, 5) is 24.6. The molecule has 0 unspecified atom stereocenters. The number of carbonyl (C=O) groups is 2. The molecule has 0 spiro atoms. The molecule has 0 aliphatic carbocycles. The summed E-state index contributed by atoms with van der Waals surface area (Å²) >= 11 is 0. The number of amides is 3. The number of benzene rings is 1. The molecule has 2 atom stereocenters. The Morgan fingerprint density at radius 1 is 1.41 bits per heavy atom. The van der Waals surface area contributed by atoms with Crippen molar-refractivity contribution in [2.45, 2.75) is 31.9 Å². The lowest BCUT2D eigenvalue weighted by Gasteiger charge is -2.36. The zero-order chi connectivity index (χ0) is 15.9. The molecule has 1 aromatic carbocycles. The normalized spacial score (nSPS) is 20.3. The standard InChI is InChI=1S/C16H23N3O3/c1-12(15(20)18-16(17)21)19-9-10-22-14(11-19)8-7-13-5-3-2-4-6-13/h2-6,12,14H,7-11H2,1H3,(H3,17,18,20,21)/t12-,14+/m1/s1. The highest BCUT2D eigenvalue weighted by molar-refractivity contribution is 5.96. The van der Waals surface area contributed by atoms with E-state index in [2.05, 4.69) is 17.4 Å². The number of primary amides is 1. The van der Waals surface area contributed by atoms with E-state index in [1.54, 1.807) is 6.92 Å². The van der Waals surface area contributed by atoms with Crippen molar-refractivity contribution < 1.29 is 14.3 Å². The number of rotatable bonds is 5. The highest BCUT2D eigenvalue weighted by Crippen LogP contribution is 2.14. The first kappa shape index (κ1) is 16.5. The molecule has 6 nitrogen and oxygen atoms in total. The van der Waals surface area contributed by atoms with Gasteiger partial charge in [-0.05, 0) is 25.3 Å². The van der Waals surface area contributed by atoms with Crippen LogP contribution in [0.3, 0.4) is 0 Å². The van der Waals surface area contributed by atoms with E-state index in [4.69, 9.17) is 10.5 Å². The molecule has 0 bridgehead atoms. The van der Waals surface area contributed by atoms with Crippen LogP contribution in [0.25, 0.3) is 0 Å². The van der Waals surface area contributed by atoms with Crippen LogP contribution in [-0.2, 0) is 16.0 Å². The van der Waals surface area contributed by atoms with Crippen LogP contribution < -0.4 is 11.1 Å². The molecule has 3 N–H and O–H groups in total. The van der Waals surface area contributed by atoms with Gasteiger partial charge in [0, 0.05) is 13.1 Å². The molecule has 1 fully saturated rings. The summed E-state index contributed by atoms with van der Waals surface area (Å²) in [6, 6.07) is 9.05. The van der Waals surface area contributed by atoms with E-state index in [1.165, 1.54) is 5.56 Å². The molecule has 6 heteroatoms. The van der Waals surface area contributed by atoms with E-state index in [9.17, 15) is 9.59 Å². The molecule has 0 aromatic heterocycles. The summed E-state index contributed by atoms with van der Waals surface area (Å²) < 4.78 is 5.78. The molecule has 1 heterocycles. The van der Waals surface area contributed by atoms with E-state index < -0.39 is 12.1 Å². The molecule has 1 saturated heterocycles. The molecule has 22 heavy (non-hydrogen) atoms. The number of hydrogen-bond donors (Lipinski definition) is 2. The fraction of sp³-hybridized carbons (Fsp3) is 0.500. The highest BCUT2D eigenvalue weighted by Gasteiger charge is 2.28. The summed E-state index contributed by atoms with van der Waals surface area (Å²) in [6.07, 6.45) is 1.95. The van der Waals surface area contributed by atoms with Crippen molar-refractivity contribution >= 4 is 11.9 Å². The van der Waals surface area contributed by atoms with Crippen molar-refractivity contribution in [1.29, 1.82) is 0 Å². The number of hydrogen-bond acceptors (Lipinski definition) is 4. The Bertz CT molecular complexity index is 507. The summed E-state index contributed by atoms with van der Waals surface area (Å²) in [6.45, 7) is 3.72. The van der Waals surface area contributed by atoms with Crippen LogP contribution in [0, 0.1) is 0 Å². The molecule has 3 amide bonds. The van der Waals surface area contributed by atoms with Gasteiger partial charge < -0.3 is 10.5 Å². The van der Waals surface area contributed by atoms with Crippen LogP contribution in [-0.4, -0.2) is 48.7 Å². The van der Waals surface area contributed by atoms with Crippen molar-refractivity contribution in [2.24, 2.45) is 5.73 Å². The number of ether oxygens (including phenoxy) is 1. The predicted octanol–water partition coefficient (Wildman–Crippen LogP) is 0.903. The Hall–Kier alpha value is -1.92. The highest BCUT2D eigenvalue weighted by atomic mass is 16.5. The largest absolute Gasteiger partial charge is 0.376 e. The molecule has 0 radical (unpaired) electrons. The first-order valence-electron chi connectivity index (χ1n) is 7.56. The lowest BCUT2D eigenvalue weighted by atomic mass is 10.1. The van der Waals surface area contributed by atoms with E-state index in [1.807, 2.05) is 23.1 Å². The molecule has 2 rings (SSSR count). The van der Waals surface area contributed by atoms with E-state index >= 15 is 0 Å². The molecular formula is C16H23N3O3. The number of morpholine rings is 1. The minimum atomic E-state index is -0.814. The summed E-state index contributed by atoms with van der Waals surface area (Å²) in [5, 5.41) is 2.13. The van der Waals surface area contributed by atoms with Crippen molar-refractivity contribution in [3.63, 3.8) is 0 Å². The number of nitrogens with zero attached hydrogens (tertiary/aromatic N) is 1. The number of imide groups is 1. The number of nitrogens with two attached hydrogens (primary N) is 1. The second-order valence-electron chi connectivity index (χ2n) is 5.54. The monoisotopic (exact) mass is 305 g/mol. The van der Waals surface area contributed by atoms with Gasteiger partial charge in [-0.1, -0.05) is 30.3 Å². The Balaban J connectivity index is 1.83. The van der Waals surface area contributed by atoms with Gasteiger partial charge in [0.05, 0.1) is 18.8 Å². The lowest BCUT2D eigenvalue weighted by molar-refractivity contribution is -0.128. The maximum atomic E-state index is 11.8. The topological polar surface area (TPSA) is 84.7 Å². The average molecular weight is 305 g/mol. The zero-order valence-electron chi connectivity index (χ0n) is 12.8. The molecule has 1 aromatic rings.